The van der Waals surface area contributed by atoms with E-state index in [-0.39, 0.29) is 4.90 Å². The Balaban J connectivity index is 1.88. The highest BCUT2D eigenvalue weighted by Gasteiger charge is 2.14. The van der Waals surface area contributed by atoms with Crippen LogP contribution in [0.15, 0.2) is 41.4 Å². The Bertz CT molecular complexity index is 1040. The van der Waals surface area contributed by atoms with Gasteiger partial charge in [0.25, 0.3) is 0 Å². The molecule has 0 saturated carbocycles. The van der Waals surface area contributed by atoms with Gasteiger partial charge in [0.15, 0.2) is 0 Å². The second kappa shape index (κ2) is 6.85. The van der Waals surface area contributed by atoms with E-state index in [2.05, 4.69) is 25.0 Å². The quantitative estimate of drug-likeness (QED) is 0.711. The molecular formula is C17H20N6O2S. The van der Waals surface area contributed by atoms with Crippen molar-refractivity contribution in [2.75, 3.05) is 12.4 Å². The van der Waals surface area contributed by atoms with E-state index in [0.717, 1.165) is 22.9 Å². The molecule has 136 valence electrons. The molecule has 8 nitrogen and oxygen atoms in total. The molecule has 2 heterocycles. The van der Waals surface area contributed by atoms with Crippen molar-refractivity contribution in [3.05, 3.63) is 48.0 Å². The fourth-order valence-electron chi connectivity index (χ4n) is 2.65. The fourth-order valence-corrected chi connectivity index (χ4v) is 3.38. The highest BCUT2D eigenvalue weighted by Crippen LogP contribution is 2.23. The number of rotatable bonds is 5. The van der Waals surface area contributed by atoms with Gasteiger partial charge in [-0.25, -0.2) is 28.1 Å². The van der Waals surface area contributed by atoms with Crippen molar-refractivity contribution in [1.29, 1.82) is 0 Å². The Hall–Kier alpha value is -2.78. The van der Waals surface area contributed by atoms with Gasteiger partial charge < -0.3 is 9.88 Å². The second-order valence-electron chi connectivity index (χ2n) is 5.77. The molecule has 26 heavy (non-hydrogen) atoms. The van der Waals surface area contributed by atoms with E-state index in [4.69, 9.17) is 0 Å². The summed E-state index contributed by atoms with van der Waals surface area (Å²) in [7, 11) is -0.133. The summed E-state index contributed by atoms with van der Waals surface area (Å²) in [5.41, 5.74) is 3.28. The number of sulfonamides is 1. The number of imidazole rings is 1. The molecule has 0 spiro atoms. The van der Waals surface area contributed by atoms with Crippen LogP contribution in [0, 0.1) is 13.8 Å². The lowest BCUT2D eigenvalue weighted by molar-refractivity contribution is 0.588. The van der Waals surface area contributed by atoms with Crippen LogP contribution >= 0.6 is 0 Å². The SMILES string of the molecule is CNS(=O)(=O)c1ccc(Nc2nccc(-c3c(C)nc(C)n3C)n2)cc1. The summed E-state index contributed by atoms with van der Waals surface area (Å²) in [6.07, 6.45) is 1.67. The normalized spacial score (nSPS) is 11.5. The third kappa shape index (κ3) is 3.44. The number of anilines is 2. The third-order valence-corrected chi connectivity index (χ3v) is 5.51. The van der Waals surface area contributed by atoms with Gasteiger partial charge in [-0.2, -0.15) is 0 Å². The van der Waals surface area contributed by atoms with Gasteiger partial charge in [0, 0.05) is 18.9 Å². The fraction of sp³-hybridized carbons (Fsp3) is 0.235. The molecule has 3 rings (SSSR count). The van der Waals surface area contributed by atoms with Crippen LogP contribution < -0.4 is 10.0 Å². The average molecular weight is 372 g/mol. The van der Waals surface area contributed by atoms with Gasteiger partial charge in [0.1, 0.15) is 5.82 Å². The number of benzene rings is 1. The van der Waals surface area contributed by atoms with E-state index in [1.165, 1.54) is 19.2 Å². The Kier molecular flexibility index (Phi) is 4.75. The molecule has 0 aliphatic carbocycles. The maximum absolute atomic E-state index is 11.8. The van der Waals surface area contributed by atoms with E-state index in [0.29, 0.717) is 11.6 Å². The molecule has 0 bridgehead atoms. The monoisotopic (exact) mass is 372 g/mol. The molecule has 2 aromatic heterocycles. The summed E-state index contributed by atoms with van der Waals surface area (Å²) in [6, 6.07) is 8.20. The molecule has 2 N–H and O–H groups in total. The zero-order valence-electron chi connectivity index (χ0n) is 15.0. The largest absolute Gasteiger partial charge is 0.330 e. The van der Waals surface area contributed by atoms with Crippen LogP contribution in [0.1, 0.15) is 11.5 Å². The second-order valence-corrected chi connectivity index (χ2v) is 7.66. The third-order valence-electron chi connectivity index (χ3n) is 4.08. The Morgan fingerprint density at radius 1 is 1.04 bits per heavy atom. The van der Waals surface area contributed by atoms with Crippen molar-refractivity contribution in [3.8, 4) is 11.4 Å². The van der Waals surface area contributed by atoms with Gasteiger partial charge in [-0.1, -0.05) is 0 Å². The van der Waals surface area contributed by atoms with Gasteiger partial charge in [-0.15, -0.1) is 0 Å². The zero-order chi connectivity index (χ0) is 18.9. The standard InChI is InChI=1S/C17H20N6O2S/c1-11-16(23(4)12(2)20-11)15-9-10-19-17(22-15)21-13-5-7-14(8-6-13)26(24,25)18-3/h5-10,18H,1-4H3,(H,19,21,22). The Morgan fingerprint density at radius 3 is 2.31 bits per heavy atom. The van der Waals surface area contributed by atoms with E-state index in [1.54, 1.807) is 18.3 Å². The predicted octanol–water partition coefficient (Wildman–Crippen LogP) is 2.15. The number of aryl methyl sites for hydroxylation is 2. The zero-order valence-corrected chi connectivity index (χ0v) is 15.8. The van der Waals surface area contributed by atoms with Crippen LogP contribution in [-0.2, 0) is 17.1 Å². The van der Waals surface area contributed by atoms with Crippen molar-refractivity contribution < 1.29 is 8.42 Å². The number of hydrogen-bond donors (Lipinski definition) is 2. The van der Waals surface area contributed by atoms with Gasteiger partial charge in [0.2, 0.25) is 16.0 Å². The first-order chi connectivity index (χ1) is 12.3. The van der Waals surface area contributed by atoms with Crippen LogP contribution in [0.5, 0.6) is 0 Å². The van der Waals surface area contributed by atoms with E-state index >= 15 is 0 Å². The van der Waals surface area contributed by atoms with Crippen molar-refractivity contribution >= 4 is 21.7 Å². The topological polar surface area (TPSA) is 102 Å². The molecule has 0 aliphatic rings. The summed E-state index contributed by atoms with van der Waals surface area (Å²) >= 11 is 0. The molecule has 0 amide bonds. The lowest BCUT2D eigenvalue weighted by atomic mass is 10.2. The van der Waals surface area contributed by atoms with Gasteiger partial charge in [0.05, 0.1) is 22.0 Å². The Labute approximate surface area is 152 Å². The van der Waals surface area contributed by atoms with Crippen molar-refractivity contribution in [2.45, 2.75) is 18.7 Å². The first kappa shape index (κ1) is 18.0. The number of nitrogens with one attached hydrogen (secondary N) is 2. The first-order valence-corrected chi connectivity index (χ1v) is 9.44. The summed E-state index contributed by atoms with van der Waals surface area (Å²) in [5, 5.41) is 3.09. The van der Waals surface area contributed by atoms with Crippen LogP contribution in [0.25, 0.3) is 11.4 Å². The molecule has 3 aromatic rings. The van der Waals surface area contributed by atoms with Crippen LogP contribution in [0.3, 0.4) is 0 Å². The molecule has 0 fully saturated rings. The smallest absolute Gasteiger partial charge is 0.240 e. The van der Waals surface area contributed by atoms with Crippen molar-refractivity contribution in [3.63, 3.8) is 0 Å². The molecular weight excluding hydrogens is 352 g/mol. The van der Waals surface area contributed by atoms with Crippen LogP contribution in [0.4, 0.5) is 11.6 Å². The molecule has 9 heteroatoms. The van der Waals surface area contributed by atoms with Gasteiger partial charge in [-0.05, 0) is 51.2 Å². The molecule has 0 saturated heterocycles. The maximum atomic E-state index is 11.8. The van der Waals surface area contributed by atoms with E-state index in [1.807, 2.05) is 31.5 Å². The molecule has 0 unspecified atom stereocenters. The maximum Gasteiger partial charge on any atom is 0.240 e. The summed E-state index contributed by atoms with van der Waals surface area (Å²) < 4.78 is 27.8. The van der Waals surface area contributed by atoms with E-state index in [9.17, 15) is 8.42 Å². The summed E-state index contributed by atoms with van der Waals surface area (Å²) in [6.45, 7) is 3.89. The lowest BCUT2D eigenvalue weighted by Crippen LogP contribution is -2.18. The molecule has 0 radical (unpaired) electrons. The average Bonchev–Trinajstić information content (AvgIpc) is 2.88. The number of nitrogens with zero attached hydrogens (tertiary/aromatic N) is 4. The minimum Gasteiger partial charge on any atom is -0.330 e. The number of hydrogen-bond acceptors (Lipinski definition) is 6. The van der Waals surface area contributed by atoms with Gasteiger partial charge >= 0.3 is 0 Å². The highest BCUT2D eigenvalue weighted by atomic mass is 32.2. The van der Waals surface area contributed by atoms with Crippen LogP contribution in [0.2, 0.25) is 0 Å². The number of aromatic nitrogens is 4. The van der Waals surface area contributed by atoms with Crippen molar-refractivity contribution in [2.24, 2.45) is 7.05 Å². The van der Waals surface area contributed by atoms with Crippen LogP contribution in [-0.4, -0.2) is 35.0 Å². The van der Waals surface area contributed by atoms with Crippen molar-refractivity contribution in [1.82, 2.24) is 24.2 Å². The van der Waals surface area contributed by atoms with Gasteiger partial charge in [-0.3, -0.25) is 0 Å². The lowest BCUT2D eigenvalue weighted by Gasteiger charge is -2.09. The molecule has 1 aromatic carbocycles. The molecule has 0 atom stereocenters. The Morgan fingerprint density at radius 2 is 1.73 bits per heavy atom. The highest BCUT2D eigenvalue weighted by molar-refractivity contribution is 7.89. The predicted molar refractivity (Wildman–Crippen MR) is 99.7 cm³/mol. The first-order valence-electron chi connectivity index (χ1n) is 7.96. The summed E-state index contributed by atoms with van der Waals surface area (Å²) in [4.78, 5) is 13.4. The minimum absolute atomic E-state index is 0.196. The minimum atomic E-state index is -3.46. The van der Waals surface area contributed by atoms with E-state index < -0.39 is 10.0 Å². The molecule has 0 aliphatic heterocycles. The summed E-state index contributed by atoms with van der Waals surface area (Å²) in [5.74, 6) is 1.33.